The van der Waals surface area contributed by atoms with E-state index in [-0.39, 0.29) is 11.5 Å². The number of fused-ring (bicyclic) bond motifs is 1. The number of nitrogens with two attached hydrogens (primary N) is 1. The van der Waals surface area contributed by atoms with Gasteiger partial charge in [0.2, 0.25) is 0 Å². The van der Waals surface area contributed by atoms with E-state index < -0.39 is 0 Å². The Balaban J connectivity index is 2.35. The molecule has 0 amide bonds. The molecule has 2 nitrogen and oxygen atoms in total. The number of hydrogen-bond donors (Lipinski definition) is 1. The Morgan fingerprint density at radius 1 is 1.10 bits per heavy atom. The summed E-state index contributed by atoms with van der Waals surface area (Å²) in [6, 6.07) is 12.5. The molecule has 108 valence electrons. The van der Waals surface area contributed by atoms with E-state index in [4.69, 9.17) is 10.5 Å². The largest absolute Gasteiger partial charge is 0.493 e. The zero-order chi connectivity index (χ0) is 14.8. The summed E-state index contributed by atoms with van der Waals surface area (Å²) < 4.78 is 6.11. The van der Waals surface area contributed by atoms with Gasteiger partial charge in [0.25, 0.3) is 0 Å². The minimum Gasteiger partial charge on any atom is -0.493 e. The number of ether oxygens (including phenoxy) is 1. The molecule has 0 aromatic heterocycles. The summed E-state index contributed by atoms with van der Waals surface area (Å²) in [6.07, 6.45) is 1.02. The van der Waals surface area contributed by atoms with Crippen LogP contribution in [-0.4, -0.2) is 6.61 Å². The molecule has 0 saturated heterocycles. The summed E-state index contributed by atoms with van der Waals surface area (Å²) in [7, 11) is 0. The van der Waals surface area contributed by atoms with Crippen LogP contribution in [0.25, 0.3) is 10.8 Å². The van der Waals surface area contributed by atoms with Crippen molar-refractivity contribution in [1.82, 2.24) is 0 Å². The molecule has 20 heavy (non-hydrogen) atoms. The Hall–Kier alpha value is -1.54. The molecule has 0 aliphatic carbocycles. The van der Waals surface area contributed by atoms with Gasteiger partial charge in [-0.15, -0.1) is 0 Å². The van der Waals surface area contributed by atoms with E-state index >= 15 is 0 Å². The second-order valence-corrected chi connectivity index (χ2v) is 6.65. The highest BCUT2D eigenvalue weighted by Crippen LogP contribution is 2.33. The predicted molar refractivity (Wildman–Crippen MR) is 86.1 cm³/mol. The minimum atomic E-state index is -0.0238. The molecule has 0 aliphatic heterocycles. The van der Waals surface area contributed by atoms with Crippen LogP contribution in [0, 0.1) is 5.41 Å². The average molecular weight is 271 g/mol. The van der Waals surface area contributed by atoms with Crippen LogP contribution in [0.3, 0.4) is 0 Å². The van der Waals surface area contributed by atoms with Gasteiger partial charge in [-0.05, 0) is 24.1 Å². The molecule has 0 heterocycles. The highest BCUT2D eigenvalue weighted by Gasteiger charge is 2.14. The van der Waals surface area contributed by atoms with Crippen LogP contribution in [0.2, 0.25) is 0 Å². The lowest BCUT2D eigenvalue weighted by Gasteiger charge is -2.21. The average Bonchev–Trinajstić information content (AvgIpc) is 2.37. The summed E-state index contributed by atoms with van der Waals surface area (Å²) in [6.45, 7) is 9.40. The summed E-state index contributed by atoms with van der Waals surface area (Å²) >= 11 is 0. The first kappa shape index (κ1) is 14.9. The Labute approximate surface area is 121 Å². The van der Waals surface area contributed by atoms with Gasteiger partial charge in [-0.2, -0.15) is 0 Å². The third kappa shape index (κ3) is 3.51. The zero-order valence-corrected chi connectivity index (χ0v) is 12.9. The monoisotopic (exact) mass is 271 g/mol. The smallest absolute Gasteiger partial charge is 0.131 e. The normalized spacial score (nSPS) is 13.4. The van der Waals surface area contributed by atoms with Gasteiger partial charge < -0.3 is 10.5 Å². The van der Waals surface area contributed by atoms with Crippen molar-refractivity contribution in [2.24, 2.45) is 11.1 Å². The zero-order valence-electron chi connectivity index (χ0n) is 12.9. The van der Waals surface area contributed by atoms with Crippen molar-refractivity contribution in [2.75, 3.05) is 6.61 Å². The molecule has 0 saturated carbocycles. The molecule has 0 aliphatic rings. The van der Waals surface area contributed by atoms with Gasteiger partial charge in [0.1, 0.15) is 5.75 Å². The van der Waals surface area contributed by atoms with E-state index in [1.807, 2.05) is 19.1 Å². The van der Waals surface area contributed by atoms with Gasteiger partial charge in [-0.1, -0.05) is 57.2 Å². The van der Waals surface area contributed by atoms with E-state index in [1.54, 1.807) is 0 Å². The van der Waals surface area contributed by atoms with Crippen molar-refractivity contribution in [3.8, 4) is 5.75 Å². The fourth-order valence-corrected chi connectivity index (χ4v) is 2.24. The predicted octanol–water partition coefficient (Wildman–Crippen LogP) is 4.67. The molecular formula is C18H25NO. The van der Waals surface area contributed by atoms with Crippen LogP contribution in [0.1, 0.15) is 45.7 Å². The van der Waals surface area contributed by atoms with E-state index in [2.05, 4.69) is 45.0 Å². The molecule has 0 spiro atoms. The van der Waals surface area contributed by atoms with Crippen molar-refractivity contribution in [3.63, 3.8) is 0 Å². The van der Waals surface area contributed by atoms with Crippen molar-refractivity contribution < 1.29 is 4.74 Å². The molecule has 2 N–H and O–H groups in total. The lowest BCUT2D eigenvalue weighted by Crippen LogP contribution is -2.13. The highest BCUT2D eigenvalue weighted by molar-refractivity contribution is 5.89. The van der Waals surface area contributed by atoms with Crippen LogP contribution in [0.15, 0.2) is 36.4 Å². The molecule has 0 fully saturated rings. The molecule has 0 unspecified atom stereocenters. The maximum Gasteiger partial charge on any atom is 0.131 e. The number of hydrogen-bond acceptors (Lipinski definition) is 2. The molecule has 2 heteroatoms. The van der Waals surface area contributed by atoms with Crippen LogP contribution >= 0.6 is 0 Å². The van der Waals surface area contributed by atoms with Crippen molar-refractivity contribution in [1.29, 1.82) is 0 Å². The molecule has 1 atom stereocenters. The van der Waals surface area contributed by atoms with Gasteiger partial charge >= 0.3 is 0 Å². The third-order valence-electron chi connectivity index (χ3n) is 3.50. The second kappa shape index (κ2) is 5.84. The Kier molecular flexibility index (Phi) is 4.34. The van der Waals surface area contributed by atoms with E-state index in [0.717, 1.165) is 29.7 Å². The van der Waals surface area contributed by atoms with Gasteiger partial charge in [0, 0.05) is 17.0 Å². The third-order valence-corrected chi connectivity index (χ3v) is 3.50. The first-order chi connectivity index (χ1) is 9.38. The standard InChI is InChI=1S/C18H25NO/c1-13(19)15-10-9-14-7-5-6-8-16(14)17(15)20-12-11-18(2,3)4/h5-10,13H,11-12,19H2,1-4H3/t13-/m0/s1. The molecular weight excluding hydrogens is 246 g/mol. The van der Waals surface area contributed by atoms with E-state index in [1.165, 1.54) is 5.39 Å². The minimum absolute atomic E-state index is 0.0238. The van der Waals surface area contributed by atoms with Gasteiger partial charge in [0.15, 0.2) is 0 Å². The summed E-state index contributed by atoms with van der Waals surface area (Å²) in [4.78, 5) is 0. The topological polar surface area (TPSA) is 35.2 Å². The Bertz CT molecular complexity index is 581. The maximum atomic E-state index is 6.11. The van der Waals surface area contributed by atoms with E-state index in [0.29, 0.717) is 0 Å². The first-order valence-electron chi connectivity index (χ1n) is 7.28. The van der Waals surface area contributed by atoms with Crippen molar-refractivity contribution in [2.45, 2.75) is 40.2 Å². The van der Waals surface area contributed by atoms with Gasteiger partial charge in [-0.3, -0.25) is 0 Å². The van der Waals surface area contributed by atoms with E-state index in [9.17, 15) is 0 Å². The summed E-state index contributed by atoms with van der Waals surface area (Å²) in [5, 5.41) is 2.35. The summed E-state index contributed by atoms with van der Waals surface area (Å²) in [5.41, 5.74) is 7.44. The second-order valence-electron chi connectivity index (χ2n) is 6.65. The fourth-order valence-electron chi connectivity index (χ4n) is 2.24. The van der Waals surface area contributed by atoms with Gasteiger partial charge in [-0.25, -0.2) is 0 Å². The molecule has 2 aromatic rings. The molecule has 0 radical (unpaired) electrons. The maximum absolute atomic E-state index is 6.11. The number of rotatable bonds is 4. The summed E-state index contributed by atoms with van der Waals surface area (Å²) in [5.74, 6) is 0.947. The van der Waals surface area contributed by atoms with Crippen LogP contribution in [-0.2, 0) is 0 Å². The lowest BCUT2D eigenvalue weighted by atomic mass is 9.93. The number of benzene rings is 2. The molecule has 0 bridgehead atoms. The fraction of sp³-hybridized carbons (Fsp3) is 0.444. The Morgan fingerprint density at radius 3 is 2.45 bits per heavy atom. The molecule has 2 aromatic carbocycles. The Morgan fingerprint density at radius 2 is 1.80 bits per heavy atom. The highest BCUT2D eigenvalue weighted by atomic mass is 16.5. The van der Waals surface area contributed by atoms with Crippen LogP contribution in [0.4, 0.5) is 0 Å². The van der Waals surface area contributed by atoms with Crippen molar-refractivity contribution in [3.05, 3.63) is 42.0 Å². The lowest BCUT2D eigenvalue weighted by molar-refractivity contribution is 0.243. The van der Waals surface area contributed by atoms with Gasteiger partial charge in [0.05, 0.1) is 6.61 Å². The molecule has 2 rings (SSSR count). The van der Waals surface area contributed by atoms with Crippen LogP contribution < -0.4 is 10.5 Å². The van der Waals surface area contributed by atoms with Crippen LogP contribution in [0.5, 0.6) is 5.75 Å². The SMILES string of the molecule is C[C@H](N)c1ccc2ccccc2c1OCCC(C)(C)C. The quantitative estimate of drug-likeness (QED) is 0.876. The van der Waals surface area contributed by atoms with Crippen molar-refractivity contribution >= 4 is 10.8 Å². The first-order valence-corrected chi connectivity index (χ1v) is 7.28.